The quantitative estimate of drug-likeness (QED) is 0.923. The fourth-order valence-electron chi connectivity index (χ4n) is 1.73. The third kappa shape index (κ3) is 2.59. The minimum Gasteiger partial charge on any atom is -0.494 e. The maximum atomic E-state index is 13.7. The Morgan fingerprint density at radius 1 is 1.32 bits per heavy atom. The second-order valence-corrected chi connectivity index (χ2v) is 4.28. The van der Waals surface area contributed by atoms with E-state index < -0.39 is 5.82 Å². The highest BCUT2D eigenvalue weighted by Gasteiger charge is 2.10. The smallest absolute Gasteiger partial charge is 0.167 e. The van der Waals surface area contributed by atoms with Crippen molar-refractivity contribution in [2.45, 2.75) is 6.92 Å². The molecule has 0 aliphatic heterocycles. The molecule has 19 heavy (non-hydrogen) atoms. The van der Waals surface area contributed by atoms with Crippen LogP contribution in [0.1, 0.15) is 5.56 Å². The zero-order chi connectivity index (χ0) is 14.0. The summed E-state index contributed by atoms with van der Waals surface area (Å²) in [4.78, 5) is 6.02. The van der Waals surface area contributed by atoms with Crippen LogP contribution in [0.2, 0.25) is 0 Å². The molecule has 100 valence electrons. The van der Waals surface area contributed by atoms with Crippen molar-refractivity contribution in [2.75, 3.05) is 24.8 Å². The summed E-state index contributed by atoms with van der Waals surface area (Å²) in [5.41, 5.74) is 7.99. The first-order chi connectivity index (χ1) is 9.02. The first kappa shape index (κ1) is 13.1. The van der Waals surface area contributed by atoms with Crippen LogP contribution in [0.3, 0.4) is 0 Å². The van der Waals surface area contributed by atoms with Crippen molar-refractivity contribution in [3.8, 4) is 5.75 Å². The number of aromatic nitrogens is 1. The molecule has 1 heterocycles. The van der Waals surface area contributed by atoms with E-state index in [1.54, 1.807) is 23.2 Å². The molecule has 0 amide bonds. The number of rotatable bonds is 3. The minimum absolute atomic E-state index is 0.221. The fraction of sp³-hybridized carbons (Fsp3) is 0.214. The number of nitrogens with zero attached hydrogens (tertiary/aromatic N) is 2. The molecule has 0 saturated carbocycles. The molecule has 5 heteroatoms. The van der Waals surface area contributed by atoms with E-state index in [9.17, 15) is 4.39 Å². The second kappa shape index (κ2) is 5.14. The summed E-state index contributed by atoms with van der Waals surface area (Å²) in [7, 11) is 3.26. The summed E-state index contributed by atoms with van der Waals surface area (Å²) in [6.45, 7) is 1.91. The topological polar surface area (TPSA) is 51.4 Å². The number of hydrogen-bond acceptors (Lipinski definition) is 4. The molecule has 0 aliphatic carbocycles. The molecule has 2 N–H and O–H groups in total. The van der Waals surface area contributed by atoms with Crippen LogP contribution in [0.25, 0.3) is 0 Å². The molecule has 1 aromatic heterocycles. The standard InChI is InChI=1S/C14H16FN3O/c1-9-6-14(17-8-12(9)16)18(2)10-4-5-13(19-3)11(15)7-10/h4-8H,16H2,1-3H3. The Morgan fingerprint density at radius 3 is 2.63 bits per heavy atom. The molecule has 0 atom stereocenters. The van der Waals surface area contributed by atoms with Gasteiger partial charge in [0.2, 0.25) is 0 Å². The van der Waals surface area contributed by atoms with Crippen molar-refractivity contribution in [1.29, 1.82) is 0 Å². The van der Waals surface area contributed by atoms with Crippen LogP contribution in [-0.2, 0) is 0 Å². The Balaban J connectivity index is 2.35. The van der Waals surface area contributed by atoms with E-state index in [-0.39, 0.29) is 5.75 Å². The van der Waals surface area contributed by atoms with Gasteiger partial charge in [-0.2, -0.15) is 0 Å². The van der Waals surface area contributed by atoms with Gasteiger partial charge in [0.05, 0.1) is 19.0 Å². The SMILES string of the molecule is COc1ccc(N(C)c2cc(C)c(N)cn2)cc1F. The Hall–Kier alpha value is -2.30. The predicted molar refractivity (Wildman–Crippen MR) is 74.4 cm³/mol. The zero-order valence-electron chi connectivity index (χ0n) is 11.1. The molecular formula is C14H16FN3O. The summed E-state index contributed by atoms with van der Waals surface area (Å²) in [6.07, 6.45) is 1.60. The van der Waals surface area contributed by atoms with Gasteiger partial charge in [-0.25, -0.2) is 9.37 Å². The van der Waals surface area contributed by atoms with Crippen molar-refractivity contribution in [1.82, 2.24) is 4.98 Å². The summed E-state index contributed by atoms with van der Waals surface area (Å²) >= 11 is 0. The molecule has 0 bridgehead atoms. The highest BCUT2D eigenvalue weighted by atomic mass is 19.1. The largest absolute Gasteiger partial charge is 0.494 e. The highest BCUT2D eigenvalue weighted by molar-refractivity contribution is 5.62. The number of hydrogen-bond donors (Lipinski definition) is 1. The number of pyridine rings is 1. The molecule has 0 radical (unpaired) electrons. The molecule has 2 rings (SSSR count). The van der Waals surface area contributed by atoms with E-state index in [2.05, 4.69) is 4.98 Å². The summed E-state index contributed by atoms with van der Waals surface area (Å²) in [5, 5.41) is 0. The minimum atomic E-state index is -0.404. The van der Waals surface area contributed by atoms with E-state index in [0.29, 0.717) is 17.2 Å². The third-order valence-corrected chi connectivity index (χ3v) is 3.00. The third-order valence-electron chi connectivity index (χ3n) is 3.00. The Bertz CT molecular complexity index is 601. The Kier molecular flexibility index (Phi) is 3.55. The van der Waals surface area contributed by atoms with E-state index in [4.69, 9.17) is 10.5 Å². The van der Waals surface area contributed by atoms with Crippen molar-refractivity contribution in [3.63, 3.8) is 0 Å². The van der Waals surface area contributed by atoms with Crippen LogP contribution >= 0.6 is 0 Å². The highest BCUT2D eigenvalue weighted by Crippen LogP contribution is 2.27. The summed E-state index contributed by atoms with van der Waals surface area (Å²) in [5.74, 6) is 0.522. The van der Waals surface area contributed by atoms with Crippen LogP contribution in [0.4, 0.5) is 21.6 Å². The van der Waals surface area contributed by atoms with Gasteiger partial charge in [-0.15, -0.1) is 0 Å². The maximum Gasteiger partial charge on any atom is 0.167 e. The van der Waals surface area contributed by atoms with Gasteiger partial charge in [-0.05, 0) is 30.7 Å². The molecular weight excluding hydrogens is 245 g/mol. The average Bonchev–Trinajstić information content (AvgIpc) is 2.41. The summed E-state index contributed by atoms with van der Waals surface area (Å²) < 4.78 is 18.6. The van der Waals surface area contributed by atoms with Gasteiger partial charge >= 0.3 is 0 Å². The molecule has 2 aromatic rings. The van der Waals surface area contributed by atoms with Crippen LogP contribution in [-0.4, -0.2) is 19.1 Å². The fourth-order valence-corrected chi connectivity index (χ4v) is 1.73. The second-order valence-electron chi connectivity index (χ2n) is 4.28. The van der Waals surface area contributed by atoms with Crippen molar-refractivity contribution >= 4 is 17.2 Å². The molecule has 4 nitrogen and oxygen atoms in total. The number of benzene rings is 1. The lowest BCUT2D eigenvalue weighted by Crippen LogP contribution is -2.12. The van der Waals surface area contributed by atoms with Gasteiger partial charge in [-0.3, -0.25) is 0 Å². The number of ether oxygens (including phenoxy) is 1. The van der Waals surface area contributed by atoms with Crippen LogP contribution < -0.4 is 15.4 Å². The first-order valence-corrected chi connectivity index (χ1v) is 5.82. The lowest BCUT2D eigenvalue weighted by Gasteiger charge is -2.19. The molecule has 1 aromatic carbocycles. The molecule has 0 aliphatic rings. The number of methoxy groups -OCH3 is 1. The van der Waals surface area contributed by atoms with E-state index >= 15 is 0 Å². The molecule has 0 fully saturated rings. The van der Waals surface area contributed by atoms with E-state index in [1.165, 1.54) is 13.2 Å². The van der Waals surface area contributed by atoms with Gasteiger partial charge in [-0.1, -0.05) is 0 Å². The van der Waals surface area contributed by atoms with Crippen LogP contribution in [0, 0.1) is 12.7 Å². The summed E-state index contributed by atoms with van der Waals surface area (Å²) in [6, 6.07) is 6.63. The Labute approximate surface area is 111 Å². The van der Waals surface area contributed by atoms with Gasteiger partial charge in [0.1, 0.15) is 5.82 Å². The van der Waals surface area contributed by atoms with E-state index in [0.717, 1.165) is 5.56 Å². The number of halogens is 1. The zero-order valence-corrected chi connectivity index (χ0v) is 11.1. The molecule has 0 unspecified atom stereocenters. The van der Waals surface area contributed by atoms with Crippen molar-refractivity contribution < 1.29 is 9.13 Å². The lowest BCUT2D eigenvalue weighted by atomic mass is 10.2. The normalized spacial score (nSPS) is 10.3. The van der Waals surface area contributed by atoms with Crippen LogP contribution in [0.5, 0.6) is 5.75 Å². The molecule has 0 saturated heterocycles. The number of anilines is 3. The average molecular weight is 261 g/mol. The molecule has 0 spiro atoms. The number of nitrogens with two attached hydrogens (primary N) is 1. The Morgan fingerprint density at radius 2 is 2.05 bits per heavy atom. The van der Waals surface area contributed by atoms with E-state index in [1.807, 2.05) is 20.0 Å². The monoisotopic (exact) mass is 261 g/mol. The van der Waals surface area contributed by atoms with Gasteiger partial charge in [0.15, 0.2) is 11.6 Å². The lowest BCUT2D eigenvalue weighted by molar-refractivity contribution is 0.386. The van der Waals surface area contributed by atoms with Gasteiger partial charge < -0.3 is 15.4 Å². The van der Waals surface area contributed by atoms with Gasteiger partial charge in [0.25, 0.3) is 0 Å². The number of aryl methyl sites for hydroxylation is 1. The predicted octanol–water partition coefficient (Wildman–Crippen LogP) is 2.89. The first-order valence-electron chi connectivity index (χ1n) is 5.82. The van der Waals surface area contributed by atoms with Gasteiger partial charge in [0, 0.05) is 18.8 Å². The van der Waals surface area contributed by atoms with Crippen molar-refractivity contribution in [2.24, 2.45) is 0 Å². The van der Waals surface area contributed by atoms with Crippen molar-refractivity contribution in [3.05, 3.63) is 41.8 Å². The van der Waals surface area contributed by atoms with Crippen LogP contribution in [0.15, 0.2) is 30.5 Å². The number of nitrogen functional groups attached to an aromatic ring is 1. The maximum absolute atomic E-state index is 13.7.